The summed E-state index contributed by atoms with van der Waals surface area (Å²) >= 11 is 3.40. The maximum atomic E-state index is 6.06. The number of rotatable bonds is 2. The third kappa shape index (κ3) is 3.16. The van der Waals surface area contributed by atoms with Crippen LogP contribution < -0.4 is 10.6 Å². The van der Waals surface area contributed by atoms with Crippen LogP contribution in [0.1, 0.15) is 33.1 Å². The first-order valence-electron chi connectivity index (χ1n) is 6.74. The van der Waals surface area contributed by atoms with E-state index in [0.29, 0.717) is 0 Å². The number of halogens is 1. The molecule has 4 heteroatoms. The first-order valence-corrected chi connectivity index (χ1v) is 7.53. The summed E-state index contributed by atoms with van der Waals surface area (Å²) in [6.45, 7) is 6.79. The van der Waals surface area contributed by atoms with Gasteiger partial charge in [0.05, 0.1) is 5.69 Å². The second kappa shape index (κ2) is 5.91. The fraction of sp³-hybridized carbons (Fsp3) is 0.643. The van der Waals surface area contributed by atoms with Gasteiger partial charge in [-0.25, -0.2) is 4.98 Å². The first kappa shape index (κ1) is 13.7. The molecule has 0 bridgehead atoms. The largest absolute Gasteiger partial charge is 0.396 e. The summed E-state index contributed by atoms with van der Waals surface area (Å²) in [5, 5.41) is 0. The Bertz CT molecular complexity index is 406. The van der Waals surface area contributed by atoms with Crippen LogP contribution in [0.3, 0.4) is 0 Å². The summed E-state index contributed by atoms with van der Waals surface area (Å²) in [5.74, 6) is 2.56. The van der Waals surface area contributed by atoms with Crippen LogP contribution in [0.25, 0.3) is 0 Å². The molecule has 0 aromatic carbocycles. The number of nitrogens with two attached hydrogens (primary N) is 1. The van der Waals surface area contributed by atoms with Gasteiger partial charge in [-0.15, -0.1) is 0 Å². The quantitative estimate of drug-likeness (QED) is 0.905. The average molecular weight is 312 g/mol. The monoisotopic (exact) mass is 311 g/mol. The maximum Gasteiger partial charge on any atom is 0.151 e. The van der Waals surface area contributed by atoms with Crippen molar-refractivity contribution in [2.45, 2.75) is 33.1 Å². The van der Waals surface area contributed by atoms with Crippen LogP contribution in [0, 0.1) is 11.8 Å². The lowest BCUT2D eigenvalue weighted by Gasteiger charge is -2.23. The Kier molecular flexibility index (Phi) is 4.49. The molecule has 0 aliphatic carbocycles. The zero-order valence-corrected chi connectivity index (χ0v) is 12.8. The van der Waals surface area contributed by atoms with E-state index < -0.39 is 0 Å². The van der Waals surface area contributed by atoms with Gasteiger partial charge in [-0.05, 0) is 53.1 Å². The third-order valence-corrected chi connectivity index (χ3v) is 4.31. The molecule has 2 heterocycles. The summed E-state index contributed by atoms with van der Waals surface area (Å²) in [7, 11) is 0. The van der Waals surface area contributed by atoms with Gasteiger partial charge in [-0.3, -0.25) is 0 Å². The van der Waals surface area contributed by atoms with Crippen LogP contribution in [0.15, 0.2) is 16.7 Å². The molecule has 100 valence electrons. The minimum absolute atomic E-state index is 0.771. The van der Waals surface area contributed by atoms with Gasteiger partial charge < -0.3 is 10.6 Å². The van der Waals surface area contributed by atoms with Crippen LogP contribution in [-0.2, 0) is 0 Å². The SMILES string of the molecule is CC(C)C1CCCN(c2ncc(Br)cc2N)CC1. The minimum Gasteiger partial charge on any atom is -0.396 e. The predicted molar refractivity (Wildman–Crippen MR) is 80.7 cm³/mol. The van der Waals surface area contributed by atoms with Crippen molar-refractivity contribution < 1.29 is 0 Å². The van der Waals surface area contributed by atoms with Crippen LogP contribution in [0.4, 0.5) is 11.5 Å². The van der Waals surface area contributed by atoms with Crippen LogP contribution in [0.5, 0.6) is 0 Å². The molecular formula is C14H22BrN3. The summed E-state index contributed by atoms with van der Waals surface area (Å²) < 4.78 is 0.943. The maximum absolute atomic E-state index is 6.06. The Morgan fingerprint density at radius 1 is 1.39 bits per heavy atom. The average Bonchev–Trinajstić information content (AvgIpc) is 2.54. The van der Waals surface area contributed by atoms with E-state index in [-0.39, 0.29) is 0 Å². The highest BCUT2D eigenvalue weighted by molar-refractivity contribution is 9.10. The lowest BCUT2D eigenvalue weighted by molar-refractivity contribution is 0.351. The molecule has 18 heavy (non-hydrogen) atoms. The molecule has 1 aromatic rings. The smallest absolute Gasteiger partial charge is 0.151 e. The van der Waals surface area contributed by atoms with Crippen molar-refractivity contribution in [1.82, 2.24) is 4.98 Å². The molecule has 0 radical (unpaired) electrons. The fourth-order valence-corrected chi connectivity index (χ4v) is 3.06. The molecule has 0 spiro atoms. The Morgan fingerprint density at radius 2 is 2.17 bits per heavy atom. The van der Waals surface area contributed by atoms with Crippen molar-refractivity contribution in [3.05, 3.63) is 16.7 Å². The van der Waals surface area contributed by atoms with Crippen LogP contribution in [-0.4, -0.2) is 18.1 Å². The highest BCUT2D eigenvalue weighted by atomic mass is 79.9. The van der Waals surface area contributed by atoms with Gasteiger partial charge in [0.1, 0.15) is 0 Å². The number of aromatic nitrogens is 1. The van der Waals surface area contributed by atoms with Crippen molar-refractivity contribution in [3.63, 3.8) is 0 Å². The Labute approximate surface area is 118 Å². The Hall–Kier alpha value is -0.770. The van der Waals surface area contributed by atoms with Gasteiger partial charge >= 0.3 is 0 Å². The van der Waals surface area contributed by atoms with E-state index in [9.17, 15) is 0 Å². The fourth-order valence-electron chi connectivity index (χ4n) is 2.71. The topological polar surface area (TPSA) is 42.2 Å². The molecule has 1 atom stereocenters. The summed E-state index contributed by atoms with van der Waals surface area (Å²) in [5.41, 5.74) is 6.83. The number of nitrogen functional groups attached to an aromatic ring is 1. The molecule has 1 aliphatic rings. The lowest BCUT2D eigenvalue weighted by atomic mass is 9.89. The molecule has 1 aromatic heterocycles. The van der Waals surface area contributed by atoms with Crippen LogP contribution >= 0.6 is 15.9 Å². The van der Waals surface area contributed by atoms with Gasteiger partial charge in [-0.2, -0.15) is 0 Å². The van der Waals surface area contributed by atoms with Gasteiger partial charge in [0.2, 0.25) is 0 Å². The van der Waals surface area contributed by atoms with E-state index in [0.717, 1.165) is 40.9 Å². The van der Waals surface area contributed by atoms with E-state index in [1.54, 1.807) is 0 Å². The molecule has 1 unspecified atom stereocenters. The lowest BCUT2D eigenvalue weighted by Crippen LogP contribution is -2.26. The number of hydrogen-bond donors (Lipinski definition) is 1. The summed E-state index contributed by atoms with van der Waals surface area (Å²) in [6.07, 6.45) is 5.63. The molecule has 0 saturated carbocycles. The molecule has 1 fully saturated rings. The molecule has 2 N–H and O–H groups in total. The number of pyridine rings is 1. The molecular weight excluding hydrogens is 290 g/mol. The Morgan fingerprint density at radius 3 is 2.83 bits per heavy atom. The standard InChI is InChI=1S/C14H22BrN3/c1-10(2)11-4-3-6-18(7-5-11)14-13(16)8-12(15)9-17-14/h8-11H,3-7,16H2,1-2H3. The number of anilines is 2. The third-order valence-electron chi connectivity index (χ3n) is 3.88. The second-order valence-corrected chi connectivity index (χ2v) is 6.40. The van der Waals surface area contributed by atoms with Gasteiger partial charge in [0.25, 0.3) is 0 Å². The molecule has 1 saturated heterocycles. The minimum atomic E-state index is 0.771. The van der Waals surface area contributed by atoms with Crippen molar-refractivity contribution in [2.75, 3.05) is 23.7 Å². The van der Waals surface area contributed by atoms with Gasteiger partial charge in [-0.1, -0.05) is 13.8 Å². The van der Waals surface area contributed by atoms with Crippen molar-refractivity contribution in [1.29, 1.82) is 0 Å². The first-order chi connectivity index (χ1) is 8.58. The molecule has 2 rings (SSSR count). The highest BCUT2D eigenvalue weighted by Crippen LogP contribution is 2.29. The Balaban J connectivity index is 2.10. The second-order valence-electron chi connectivity index (χ2n) is 5.49. The molecule has 0 amide bonds. The highest BCUT2D eigenvalue weighted by Gasteiger charge is 2.21. The van der Waals surface area contributed by atoms with Gasteiger partial charge in [0.15, 0.2) is 5.82 Å². The van der Waals surface area contributed by atoms with Crippen LogP contribution in [0.2, 0.25) is 0 Å². The molecule has 1 aliphatic heterocycles. The van der Waals surface area contributed by atoms with Gasteiger partial charge in [0, 0.05) is 23.8 Å². The van der Waals surface area contributed by atoms with E-state index in [4.69, 9.17) is 5.73 Å². The van der Waals surface area contributed by atoms with Crippen molar-refractivity contribution in [2.24, 2.45) is 11.8 Å². The predicted octanol–water partition coefficient (Wildman–Crippen LogP) is 3.69. The van der Waals surface area contributed by atoms with E-state index in [1.165, 1.54) is 19.3 Å². The van der Waals surface area contributed by atoms with E-state index in [2.05, 4.69) is 39.7 Å². The normalized spacial score (nSPS) is 21.1. The number of hydrogen-bond acceptors (Lipinski definition) is 3. The van der Waals surface area contributed by atoms with Crippen molar-refractivity contribution in [3.8, 4) is 0 Å². The zero-order chi connectivity index (χ0) is 13.1. The zero-order valence-electron chi connectivity index (χ0n) is 11.2. The van der Waals surface area contributed by atoms with E-state index >= 15 is 0 Å². The summed E-state index contributed by atoms with van der Waals surface area (Å²) in [4.78, 5) is 6.80. The van der Waals surface area contributed by atoms with Crippen molar-refractivity contribution >= 4 is 27.4 Å². The summed E-state index contributed by atoms with van der Waals surface area (Å²) in [6, 6.07) is 1.94. The van der Waals surface area contributed by atoms with E-state index in [1.807, 2.05) is 12.3 Å². The molecule has 3 nitrogen and oxygen atoms in total. The number of nitrogens with zero attached hydrogens (tertiary/aromatic N) is 2.